The van der Waals surface area contributed by atoms with Gasteiger partial charge in [0.1, 0.15) is 0 Å². The van der Waals surface area contributed by atoms with E-state index in [1.54, 1.807) is 0 Å². The van der Waals surface area contributed by atoms with E-state index in [4.69, 9.17) is 5.73 Å². The predicted molar refractivity (Wildman–Crippen MR) is 105 cm³/mol. The average Bonchev–Trinajstić information content (AvgIpc) is 2.59. The van der Waals surface area contributed by atoms with Gasteiger partial charge in [0.15, 0.2) is 0 Å². The minimum absolute atomic E-state index is 0. The van der Waals surface area contributed by atoms with Gasteiger partial charge in [0, 0.05) is 13.1 Å². The van der Waals surface area contributed by atoms with Crippen LogP contribution < -0.4 is 11.1 Å². The van der Waals surface area contributed by atoms with Gasteiger partial charge in [0.2, 0.25) is 0 Å². The third-order valence-electron chi connectivity index (χ3n) is 5.20. The van der Waals surface area contributed by atoms with Gasteiger partial charge < -0.3 is 11.1 Å². The molecule has 4 aromatic rings. The molecule has 0 saturated carbocycles. The van der Waals surface area contributed by atoms with E-state index in [9.17, 15) is 0 Å². The molecule has 3 heteroatoms. The van der Waals surface area contributed by atoms with Crippen molar-refractivity contribution in [3.63, 3.8) is 0 Å². The van der Waals surface area contributed by atoms with E-state index in [2.05, 4.69) is 72.0 Å². The van der Waals surface area contributed by atoms with Gasteiger partial charge in [-0.3, -0.25) is 0 Å². The first-order valence-corrected chi connectivity index (χ1v) is 8.10. The Morgan fingerprint density at radius 1 is 0.667 bits per heavy atom. The molecule has 0 spiro atoms. The second-order valence-corrected chi connectivity index (χ2v) is 6.61. The fourth-order valence-corrected chi connectivity index (χ4v) is 3.82. The molecular formula is C21H19ClN2. The molecule has 24 heavy (non-hydrogen) atoms. The zero-order valence-electron chi connectivity index (χ0n) is 13.3. The molecular weight excluding hydrogens is 316 g/mol. The Balaban J connectivity index is 0.00000146. The number of halogens is 1. The molecule has 120 valence electrons. The molecule has 4 aromatic carbocycles. The lowest BCUT2D eigenvalue weighted by Crippen LogP contribution is -2.62. The molecule has 3 N–H and O–H groups in total. The number of rotatable bonds is 1. The lowest BCUT2D eigenvalue weighted by atomic mass is 9.83. The van der Waals surface area contributed by atoms with Crippen molar-refractivity contribution in [3.8, 4) is 0 Å². The van der Waals surface area contributed by atoms with E-state index in [0.717, 1.165) is 13.1 Å². The predicted octanol–water partition coefficient (Wildman–Crippen LogP) is 4.33. The summed E-state index contributed by atoms with van der Waals surface area (Å²) in [6, 6.07) is 24.1. The Labute approximate surface area is 147 Å². The maximum atomic E-state index is 6.51. The van der Waals surface area contributed by atoms with Crippen LogP contribution in [0.2, 0.25) is 0 Å². The summed E-state index contributed by atoms with van der Waals surface area (Å²) < 4.78 is 0. The molecule has 1 aliphatic rings. The summed E-state index contributed by atoms with van der Waals surface area (Å²) in [6.07, 6.45) is 0. The fourth-order valence-electron chi connectivity index (χ4n) is 3.82. The van der Waals surface area contributed by atoms with E-state index >= 15 is 0 Å². The summed E-state index contributed by atoms with van der Waals surface area (Å²) in [6.45, 7) is 1.70. The van der Waals surface area contributed by atoms with Crippen molar-refractivity contribution >= 4 is 44.7 Å². The third kappa shape index (κ3) is 2.04. The van der Waals surface area contributed by atoms with Crippen LogP contribution in [0.25, 0.3) is 32.3 Å². The van der Waals surface area contributed by atoms with Crippen LogP contribution in [0.5, 0.6) is 0 Å². The zero-order valence-corrected chi connectivity index (χ0v) is 14.1. The fraction of sp³-hybridized carbons (Fsp3) is 0.143. The van der Waals surface area contributed by atoms with Crippen molar-refractivity contribution in [1.29, 1.82) is 0 Å². The normalized spacial score (nSPS) is 16.0. The maximum Gasteiger partial charge on any atom is 0.0662 e. The molecule has 0 bridgehead atoms. The minimum Gasteiger partial charge on any atom is -0.319 e. The summed E-state index contributed by atoms with van der Waals surface area (Å²) in [5.74, 6) is 0. The summed E-state index contributed by atoms with van der Waals surface area (Å²) >= 11 is 0. The van der Waals surface area contributed by atoms with E-state index in [1.807, 2.05) is 0 Å². The standard InChI is InChI=1S/C21H18N2.ClH/c22-21(12-23-13-21)14-9-10-19-17-7-2-1-5-15(17)16-6-3-4-8-18(16)20(19)11-14;/h1-11,23H,12-13,22H2;1H. The molecule has 0 atom stereocenters. The highest BCUT2D eigenvalue weighted by atomic mass is 35.5. The van der Waals surface area contributed by atoms with Gasteiger partial charge in [-0.05, 0) is 43.9 Å². The molecule has 0 radical (unpaired) electrons. The molecule has 0 amide bonds. The topological polar surface area (TPSA) is 38.0 Å². The van der Waals surface area contributed by atoms with E-state index in [0.29, 0.717) is 0 Å². The Morgan fingerprint density at radius 3 is 1.58 bits per heavy atom. The largest absolute Gasteiger partial charge is 0.319 e. The highest BCUT2D eigenvalue weighted by Gasteiger charge is 2.34. The Kier molecular flexibility index (Phi) is 3.50. The number of fused-ring (bicyclic) bond motifs is 6. The van der Waals surface area contributed by atoms with Crippen LogP contribution in [0.4, 0.5) is 0 Å². The van der Waals surface area contributed by atoms with E-state index in [-0.39, 0.29) is 17.9 Å². The Hall–Kier alpha value is -2.13. The zero-order chi connectivity index (χ0) is 15.4. The second kappa shape index (κ2) is 5.45. The van der Waals surface area contributed by atoms with Crippen molar-refractivity contribution in [2.24, 2.45) is 5.73 Å². The maximum absolute atomic E-state index is 6.51. The highest BCUT2D eigenvalue weighted by Crippen LogP contribution is 2.36. The Morgan fingerprint density at radius 2 is 1.12 bits per heavy atom. The summed E-state index contributed by atoms with van der Waals surface area (Å²) in [5.41, 5.74) is 7.51. The van der Waals surface area contributed by atoms with Gasteiger partial charge in [-0.15, -0.1) is 12.4 Å². The van der Waals surface area contributed by atoms with Gasteiger partial charge in [0.25, 0.3) is 0 Å². The molecule has 5 rings (SSSR count). The van der Waals surface area contributed by atoms with Gasteiger partial charge in [-0.25, -0.2) is 0 Å². The molecule has 1 aliphatic heterocycles. The first-order valence-electron chi connectivity index (χ1n) is 8.10. The van der Waals surface area contributed by atoms with Crippen LogP contribution in [0.1, 0.15) is 5.56 Å². The molecule has 0 aromatic heterocycles. The summed E-state index contributed by atoms with van der Waals surface area (Å²) in [7, 11) is 0. The number of benzene rings is 4. The van der Waals surface area contributed by atoms with Gasteiger partial charge >= 0.3 is 0 Å². The smallest absolute Gasteiger partial charge is 0.0662 e. The van der Waals surface area contributed by atoms with Crippen molar-refractivity contribution in [3.05, 3.63) is 72.3 Å². The monoisotopic (exact) mass is 334 g/mol. The van der Waals surface area contributed by atoms with Gasteiger partial charge in [-0.1, -0.05) is 60.7 Å². The Bertz CT molecular complexity index is 1030. The SMILES string of the molecule is Cl.NC1(c2ccc3c4ccccc4c4ccccc4c3c2)CNC1. The number of hydrogen-bond acceptors (Lipinski definition) is 2. The molecule has 0 unspecified atom stereocenters. The van der Waals surface area contributed by atoms with Crippen LogP contribution in [-0.4, -0.2) is 13.1 Å². The van der Waals surface area contributed by atoms with Crippen LogP contribution >= 0.6 is 12.4 Å². The lowest BCUT2D eigenvalue weighted by molar-refractivity contribution is 0.287. The minimum atomic E-state index is -0.221. The first kappa shape index (κ1) is 15.4. The van der Waals surface area contributed by atoms with E-state index < -0.39 is 0 Å². The first-order chi connectivity index (χ1) is 11.3. The number of nitrogens with two attached hydrogens (primary N) is 1. The van der Waals surface area contributed by atoms with Crippen LogP contribution in [0, 0.1) is 0 Å². The van der Waals surface area contributed by atoms with Crippen molar-refractivity contribution in [2.45, 2.75) is 5.54 Å². The van der Waals surface area contributed by atoms with Crippen LogP contribution in [-0.2, 0) is 5.54 Å². The number of nitrogens with one attached hydrogen (secondary N) is 1. The molecule has 2 nitrogen and oxygen atoms in total. The quantitative estimate of drug-likeness (QED) is 0.509. The highest BCUT2D eigenvalue weighted by molar-refractivity contribution is 6.25. The van der Waals surface area contributed by atoms with Crippen molar-refractivity contribution < 1.29 is 0 Å². The number of hydrogen-bond donors (Lipinski definition) is 2. The third-order valence-corrected chi connectivity index (χ3v) is 5.20. The molecule has 1 heterocycles. The van der Waals surface area contributed by atoms with Crippen LogP contribution in [0.15, 0.2) is 66.7 Å². The summed E-state index contributed by atoms with van der Waals surface area (Å²) in [5, 5.41) is 11.1. The lowest BCUT2D eigenvalue weighted by Gasteiger charge is -2.39. The van der Waals surface area contributed by atoms with Crippen molar-refractivity contribution in [1.82, 2.24) is 5.32 Å². The molecule has 1 fully saturated rings. The van der Waals surface area contributed by atoms with Crippen molar-refractivity contribution in [2.75, 3.05) is 13.1 Å². The van der Waals surface area contributed by atoms with Gasteiger partial charge in [0.05, 0.1) is 5.54 Å². The molecule has 0 aliphatic carbocycles. The van der Waals surface area contributed by atoms with Gasteiger partial charge in [-0.2, -0.15) is 0 Å². The van der Waals surface area contributed by atoms with E-state index in [1.165, 1.54) is 37.9 Å². The summed E-state index contributed by atoms with van der Waals surface area (Å²) in [4.78, 5) is 0. The van der Waals surface area contributed by atoms with Crippen LogP contribution in [0.3, 0.4) is 0 Å². The molecule has 1 saturated heterocycles. The average molecular weight is 335 g/mol. The second-order valence-electron chi connectivity index (χ2n) is 6.61.